The summed E-state index contributed by atoms with van der Waals surface area (Å²) >= 11 is 6.66. The zero-order valence-corrected chi connectivity index (χ0v) is 15.5. The molecule has 2 aromatic rings. The van der Waals surface area contributed by atoms with Crippen molar-refractivity contribution < 1.29 is 19.4 Å². The van der Waals surface area contributed by atoms with E-state index in [1.807, 2.05) is 6.92 Å². The van der Waals surface area contributed by atoms with E-state index in [9.17, 15) is 14.7 Å². The van der Waals surface area contributed by atoms with Gasteiger partial charge in [0.05, 0.1) is 11.4 Å². The van der Waals surface area contributed by atoms with Crippen molar-refractivity contribution in [2.24, 2.45) is 0 Å². The molecule has 0 aliphatic carbocycles. The van der Waals surface area contributed by atoms with Crippen LogP contribution in [0.1, 0.15) is 11.1 Å². The van der Waals surface area contributed by atoms with Crippen molar-refractivity contribution >= 4 is 40.6 Å². The Balaban J connectivity index is 1.66. The number of phenolic OH excluding ortho intramolecular Hbond substituents is 1. The van der Waals surface area contributed by atoms with E-state index in [0.717, 1.165) is 22.2 Å². The van der Waals surface area contributed by atoms with Gasteiger partial charge in [-0.25, -0.2) is 0 Å². The highest BCUT2D eigenvalue weighted by atomic mass is 35.5. The second kappa shape index (κ2) is 7.85. The number of ether oxygens (including phenoxy) is 1. The van der Waals surface area contributed by atoms with Crippen LogP contribution in [-0.2, 0) is 4.79 Å². The Kier molecular flexibility index (Phi) is 5.54. The lowest BCUT2D eigenvalue weighted by Gasteiger charge is -2.13. The topological polar surface area (TPSA) is 66.8 Å². The molecule has 2 aromatic carbocycles. The third-order valence-electron chi connectivity index (χ3n) is 3.74. The number of imide groups is 1. The molecule has 134 valence electrons. The first-order chi connectivity index (χ1) is 12.4. The first kappa shape index (κ1) is 18.4. The minimum atomic E-state index is -0.388. The first-order valence-corrected chi connectivity index (χ1v) is 9.07. The summed E-state index contributed by atoms with van der Waals surface area (Å²) in [5.41, 5.74) is 1.46. The fourth-order valence-electron chi connectivity index (χ4n) is 2.41. The molecular weight excluding hydrogens is 374 g/mol. The summed E-state index contributed by atoms with van der Waals surface area (Å²) in [6.45, 7) is 2.21. The second-order valence-corrected chi connectivity index (χ2v) is 7.13. The van der Waals surface area contributed by atoms with Gasteiger partial charge in [-0.2, -0.15) is 0 Å². The van der Waals surface area contributed by atoms with Gasteiger partial charge in [0.15, 0.2) is 0 Å². The van der Waals surface area contributed by atoms with Crippen LogP contribution in [0.4, 0.5) is 4.79 Å². The molecule has 1 aliphatic heterocycles. The molecule has 0 radical (unpaired) electrons. The summed E-state index contributed by atoms with van der Waals surface area (Å²) in [4.78, 5) is 26.0. The van der Waals surface area contributed by atoms with Gasteiger partial charge in [0.25, 0.3) is 11.1 Å². The SMILES string of the molecule is Cc1ccc(O)c(/C=C2\SC(=O)N(CCOc3ccc(Cl)cc3)C2=O)c1. The number of aryl methyl sites for hydroxylation is 1. The molecule has 0 spiro atoms. The normalized spacial score (nSPS) is 15.8. The van der Waals surface area contributed by atoms with Crippen molar-refractivity contribution in [2.45, 2.75) is 6.92 Å². The molecule has 1 N–H and O–H groups in total. The summed E-state index contributed by atoms with van der Waals surface area (Å²) in [5, 5.41) is 10.2. The predicted molar refractivity (Wildman–Crippen MR) is 102 cm³/mol. The average molecular weight is 390 g/mol. The summed E-state index contributed by atoms with van der Waals surface area (Å²) in [5.74, 6) is 0.288. The maximum atomic E-state index is 12.5. The van der Waals surface area contributed by atoms with Gasteiger partial charge in [-0.05, 0) is 61.2 Å². The minimum absolute atomic E-state index is 0.0634. The number of halogens is 1. The molecule has 0 aromatic heterocycles. The van der Waals surface area contributed by atoms with E-state index in [2.05, 4.69) is 0 Å². The number of nitrogens with zero attached hydrogens (tertiary/aromatic N) is 1. The number of aromatic hydroxyl groups is 1. The fraction of sp³-hybridized carbons (Fsp3) is 0.158. The van der Waals surface area contributed by atoms with Crippen LogP contribution in [0, 0.1) is 6.92 Å². The number of benzene rings is 2. The van der Waals surface area contributed by atoms with Crippen LogP contribution in [0.25, 0.3) is 6.08 Å². The minimum Gasteiger partial charge on any atom is -0.507 e. The summed E-state index contributed by atoms with van der Waals surface area (Å²) in [6, 6.07) is 11.9. The standard InChI is InChI=1S/C19H16ClNO4S/c1-12-2-7-16(22)13(10-12)11-17-18(23)21(19(24)26-17)8-9-25-15-5-3-14(20)4-6-15/h2-7,10-11,22H,8-9H2,1H3/b17-11-. The number of carbonyl (C=O) groups excluding carboxylic acids is 2. The zero-order chi connectivity index (χ0) is 18.7. The molecule has 0 bridgehead atoms. The van der Waals surface area contributed by atoms with Crippen LogP contribution < -0.4 is 4.74 Å². The van der Waals surface area contributed by atoms with Gasteiger partial charge in [0.1, 0.15) is 18.1 Å². The lowest BCUT2D eigenvalue weighted by Crippen LogP contribution is -2.32. The first-order valence-electron chi connectivity index (χ1n) is 7.87. The van der Waals surface area contributed by atoms with Crippen molar-refractivity contribution in [1.82, 2.24) is 4.90 Å². The molecule has 1 aliphatic rings. The molecule has 1 fully saturated rings. The molecule has 2 amide bonds. The van der Waals surface area contributed by atoms with E-state index in [-0.39, 0.29) is 35.0 Å². The Bertz CT molecular complexity index is 880. The van der Waals surface area contributed by atoms with Gasteiger partial charge in [-0.3, -0.25) is 14.5 Å². The lowest BCUT2D eigenvalue weighted by atomic mass is 10.1. The Labute approximate surface area is 160 Å². The molecular formula is C19H16ClNO4S. The highest BCUT2D eigenvalue weighted by Gasteiger charge is 2.34. The highest BCUT2D eigenvalue weighted by Crippen LogP contribution is 2.33. The molecule has 1 saturated heterocycles. The summed E-state index contributed by atoms with van der Waals surface area (Å²) < 4.78 is 5.53. The molecule has 3 rings (SSSR count). The fourth-order valence-corrected chi connectivity index (χ4v) is 3.39. The van der Waals surface area contributed by atoms with Crippen molar-refractivity contribution in [3.05, 3.63) is 63.5 Å². The monoisotopic (exact) mass is 389 g/mol. The molecule has 1 heterocycles. The molecule has 5 nitrogen and oxygen atoms in total. The van der Waals surface area contributed by atoms with Crippen molar-refractivity contribution in [2.75, 3.05) is 13.2 Å². The summed E-state index contributed by atoms with van der Waals surface area (Å²) in [6.07, 6.45) is 1.54. The van der Waals surface area contributed by atoms with Crippen molar-refractivity contribution in [3.63, 3.8) is 0 Å². The third kappa shape index (κ3) is 4.20. The molecule has 7 heteroatoms. The number of phenols is 1. The van der Waals surface area contributed by atoms with Crippen LogP contribution in [0.2, 0.25) is 5.02 Å². The molecule has 0 unspecified atom stereocenters. The van der Waals surface area contributed by atoms with Crippen LogP contribution in [-0.4, -0.2) is 34.3 Å². The third-order valence-corrected chi connectivity index (χ3v) is 4.90. The smallest absolute Gasteiger partial charge is 0.293 e. The quantitative estimate of drug-likeness (QED) is 0.764. The van der Waals surface area contributed by atoms with Gasteiger partial charge in [0.2, 0.25) is 0 Å². The van der Waals surface area contributed by atoms with E-state index in [0.29, 0.717) is 16.3 Å². The number of hydrogen-bond donors (Lipinski definition) is 1. The lowest BCUT2D eigenvalue weighted by molar-refractivity contribution is -0.123. The average Bonchev–Trinajstić information content (AvgIpc) is 2.87. The van der Waals surface area contributed by atoms with Gasteiger partial charge in [0, 0.05) is 10.6 Å². The zero-order valence-electron chi connectivity index (χ0n) is 13.9. The number of rotatable bonds is 5. The van der Waals surface area contributed by atoms with E-state index in [1.54, 1.807) is 42.5 Å². The van der Waals surface area contributed by atoms with Gasteiger partial charge < -0.3 is 9.84 Å². The van der Waals surface area contributed by atoms with E-state index < -0.39 is 0 Å². The van der Waals surface area contributed by atoms with Gasteiger partial charge in [-0.1, -0.05) is 23.2 Å². The van der Waals surface area contributed by atoms with Crippen LogP contribution in [0.5, 0.6) is 11.5 Å². The summed E-state index contributed by atoms with van der Waals surface area (Å²) in [7, 11) is 0. The number of carbonyl (C=O) groups is 2. The van der Waals surface area contributed by atoms with E-state index >= 15 is 0 Å². The van der Waals surface area contributed by atoms with E-state index in [4.69, 9.17) is 16.3 Å². The molecule has 0 saturated carbocycles. The van der Waals surface area contributed by atoms with Gasteiger partial charge in [-0.15, -0.1) is 0 Å². The van der Waals surface area contributed by atoms with Crippen LogP contribution in [0.3, 0.4) is 0 Å². The number of hydrogen-bond acceptors (Lipinski definition) is 5. The van der Waals surface area contributed by atoms with Crippen LogP contribution in [0.15, 0.2) is 47.4 Å². The number of amides is 2. The van der Waals surface area contributed by atoms with E-state index in [1.165, 1.54) is 6.08 Å². The molecule has 0 atom stereocenters. The maximum Gasteiger partial charge on any atom is 0.293 e. The maximum absolute atomic E-state index is 12.5. The van der Waals surface area contributed by atoms with Crippen LogP contribution >= 0.6 is 23.4 Å². The Morgan fingerprint density at radius 3 is 2.65 bits per heavy atom. The predicted octanol–water partition coefficient (Wildman–Crippen LogP) is 4.47. The number of thioether (sulfide) groups is 1. The Morgan fingerprint density at radius 1 is 1.19 bits per heavy atom. The van der Waals surface area contributed by atoms with Gasteiger partial charge >= 0.3 is 0 Å². The van der Waals surface area contributed by atoms with Crippen molar-refractivity contribution in [1.29, 1.82) is 0 Å². The van der Waals surface area contributed by atoms with Crippen molar-refractivity contribution in [3.8, 4) is 11.5 Å². The Morgan fingerprint density at radius 2 is 1.92 bits per heavy atom. The largest absolute Gasteiger partial charge is 0.507 e. The highest BCUT2D eigenvalue weighted by molar-refractivity contribution is 8.18. The second-order valence-electron chi connectivity index (χ2n) is 5.70. The Hall–Kier alpha value is -2.44. The molecule has 26 heavy (non-hydrogen) atoms.